The number of piperidine rings is 1. The first-order valence-corrected chi connectivity index (χ1v) is 9.97. The number of carbonyl (C=O) groups is 1. The van der Waals surface area contributed by atoms with E-state index in [-0.39, 0.29) is 18.6 Å². The van der Waals surface area contributed by atoms with Crippen molar-refractivity contribution in [1.82, 2.24) is 4.90 Å². The molecule has 2 aromatic rings. The van der Waals surface area contributed by atoms with Gasteiger partial charge in [0.1, 0.15) is 17.6 Å². The number of amides is 1. The van der Waals surface area contributed by atoms with Crippen LogP contribution < -0.4 is 14.8 Å². The number of likely N-dealkylation sites (tertiary alicyclic amines) is 1. The second-order valence-electron chi connectivity index (χ2n) is 7.71. The summed E-state index contributed by atoms with van der Waals surface area (Å²) in [6.07, 6.45) is 2.36. The highest BCUT2D eigenvalue weighted by atomic mass is 16.5. The van der Waals surface area contributed by atoms with Gasteiger partial charge in [0.25, 0.3) is 5.91 Å². The highest BCUT2D eigenvalue weighted by Crippen LogP contribution is 2.21. The van der Waals surface area contributed by atoms with Crippen LogP contribution in [-0.2, 0) is 4.79 Å². The molecule has 150 valence electrons. The normalized spacial score (nSPS) is 15.4. The molecule has 0 aliphatic carbocycles. The first-order valence-electron chi connectivity index (χ1n) is 9.97. The van der Waals surface area contributed by atoms with Crippen LogP contribution in [0.4, 0.5) is 5.69 Å². The Morgan fingerprint density at radius 1 is 1.04 bits per heavy atom. The third-order valence-corrected chi connectivity index (χ3v) is 5.02. The standard InChI is InChI=1S/C23H30N2O3/c1-17(2)18-4-8-20(9-5-18)27-16-23(26)24-19-6-10-21(11-7-19)28-22-12-14-25(3)15-13-22/h4-11,17,22H,12-16H2,1-3H3,(H,24,26). The Kier molecular flexibility index (Phi) is 6.93. The summed E-state index contributed by atoms with van der Waals surface area (Å²) >= 11 is 0. The van der Waals surface area contributed by atoms with E-state index in [1.165, 1.54) is 5.56 Å². The van der Waals surface area contributed by atoms with E-state index in [0.717, 1.165) is 37.4 Å². The van der Waals surface area contributed by atoms with E-state index in [9.17, 15) is 4.79 Å². The number of ether oxygens (including phenoxy) is 2. The van der Waals surface area contributed by atoms with E-state index in [4.69, 9.17) is 9.47 Å². The first-order chi connectivity index (χ1) is 13.5. The predicted octanol–water partition coefficient (Wildman–Crippen LogP) is 4.30. The summed E-state index contributed by atoms with van der Waals surface area (Å²) in [5, 5.41) is 2.85. The van der Waals surface area contributed by atoms with Crippen molar-refractivity contribution in [3.63, 3.8) is 0 Å². The van der Waals surface area contributed by atoms with Crippen LogP contribution in [0.5, 0.6) is 11.5 Å². The summed E-state index contributed by atoms with van der Waals surface area (Å²) in [6.45, 7) is 6.41. The second kappa shape index (κ2) is 9.60. The van der Waals surface area contributed by atoms with E-state index < -0.39 is 0 Å². The molecule has 2 aromatic carbocycles. The van der Waals surface area contributed by atoms with Gasteiger partial charge in [0, 0.05) is 18.8 Å². The molecule has 5 heteroatoms. The Bertz CT molecular complexity index is 748. The van der Waals surface area contributed by atoms with Crippen molar-refractivity contribution in [3.8, 4) is 11.5 Å². The van der Waals surface area contributed by atoms with E-state index in [1.807, 2.05) is 48.5 Å². The molecule has 0 radical (unpaired) electrons. The van der Waals surface area contributed by atoms with Crippen molar-refractivity contribution < 1.29 is 14.3 Å². The molecule has 1 saturated heterocycles. The van der Waals surface area contributed by atoms with E-state index in [2.05, 4.69) is 31.1 Å². The molecule has 28 heavy (non-hydrogen) atoms. The Morgan fingerprint density at radius 2 is 1.64 bits per heavy atom. The van der Waals surface area contributed by atoms with Crippen molar-refractivity contribution in [2.45, 2.75) is 38.7 Å². The van der Waals surface area contributed by atoms with E-state index in [0.29, 0.717) is 11.7 Å². The fraction of sp³-hybridized carbons (Fsp3) is 0.435. The number of hydrogen-bond donors (Lipinski definition) is 1. The maximum absolute atomic E-state index is 12.1. The summed E-state index contributed by atoms with van der Waals surface area (Å²) in [7, 11) is 2.14. The molecule has 1 fully saturated rings. The number of carbonyl (C=O) groups excluding carboxylic acids is 1. The Morgan fingerprint density at radius 3 is 2.25 bits per heavy atom. The fourth-order valence-electron chi connectivity index (χ4n) is 3.21. The summed E-state index contributed by atoms with van der Waals surface area (Å²) < 4.78 is 11.6. The lowest BCUT2D eigenvalue weighted by atomic mass is 10.0. The van der Waals surface area contributed by atoms with Crippen molar-refractivity contribution in [3.05, 3.63) is 54.1 Å². The number of rotatable bonds is 7. The van der Waals surface area contributed by atoms with Gasteiger partial charge < -0.3 is 19.7 Å². The average molecular weight is 383 g/mol. The molecule has 1 aliphatic rings. The fourth-order valence-corrected chi connectivity index (χ4v) is 3.21. The maximum Gasteiger partial charge on any atom is 0.262 e. The molecule has 0 spiro atoms. The minimum atomic E-state index is -0.183. The SMILES string of the molecule is CC(C)c1ccc(OCC(=O)Nc2ccc(OC3CCN(C)CC3)cc2)cc1. The Labute approximate surface area is 167 Å². The highest BCUT2D eigenvalue weighted by Gasteiger charge is 2.17. The van der Waals surface area contributed by atoms with Gasteiger partial charge in [0.15, 0.2) is 6.61 Å². The summed E-state index contributed by atoms with van der Waals surface area (Å²) in [5.41, 5.74) is 1.99. The van der Waals surface area contributed by atoms with Crippen LogP contribution in [0.25, 0.3) is 0 Å². The molecule has 1 aliphatic heterocycles. The predicted molar refractivity (Wildman–Crippen MR) is 112 cm³/mol. The van der Waals surface area contributed by atoms with Gasteiger partial charge in [-0.2, -0.15) is 0 Å². The molecule has 5 nitrogen and oxygen atoms in total. The molecule has 1 amide bonds. The molecule has 3 rings (SSSR count). The van der Waals surface area contributed by atoms with Gasteiger partial charge in [0.2, 0.25) is 0 Å². The molecule has 0 aromatic heterocycles. The van der Waals surface area contributed by atoms with Crippen LogP contribution in [0.15, 0.2) is 48.5 Å². The number of benzene rings is 2. The van der Waals surface area contributed by atoms with Crippen LogP contribution in [-0.4, -0.2) is 43.7 Å². The van der Waals surface area contributed by atoms with Crippen molar-refractivity contribution >= 4 is 11.6 Å². The van der Waals surface area contributed by atoms with Gasteiger partial charge in [-0.1, -0.05) is 26.0 Å². The van der Waals surface area contributed by atoms with Crippen LogP contribution >= 0.6 is 0 Å². The summed E-state index contributed by atoms with van der Waals surface area (Å²) in [5.74, 6) is 1.83. The van der Waals surface area contributed by atoms with Gasteiger partial charge >= 0.3 is 0 Å². The average Bonchev–Trinajstić information content (AvgIpc) is 2.70. The minimum absolute atomic E-state index is 0.0190. The molecule has 0 unspecified atom stereocenters. The van der Waals surface area contributed by atoms with Gasteiger partial charge in [0.05, 0.1) is 0 Å². The van der Waals surface area contributed by atoms with Gasteiger partial charge in [-0.3, -0.25) is 4.79 Å². The molecule has 0 atom stereocenters. The largest absolute Gasteiger partial charge is 0.490 e. The third-order valence-electron chi connectivity index (χ3n) is 5.02. The van der Waals surface area contributed by atoms with E-state index >= 15 is 0 Å². The highest BCUT2D eigenvalue weighted by molar-refractivity contribution is 5.91. The number of nitrogens with one attached hydrogen (secondary N) is 1. The molecule has 0 bridgehead atoms. The first kappa shape index (κ1) is 20.2. The summed E-state index contributed by atoms with van der Waals surface area (Å²) in [4.78, 5) is 14.4. The zero-order chi connectivity index (χ0) is 19.9. The smallest absolute Gasteiger partial charge is 0.262 e. The number of nitrogens with zero attached hydrogens (tertiary/aromatic N) is 1. The zero-order valence-electron chi connectivity index (χ0n) is 17.0. The lowest BCUT2D eigenvalue weighted by Crippen LogP contribution is -2.35. The Hall–Kier alpha value is -2.53. The number of anilines is 1. The van der Waals surface area contributed by atoms with Crippen LogP contribution in [0, 0.1) is 0 Å². The van der Waals surface area contributed by atoms with Crippen molar-refractivity contribution in [1.29, 1.82) is 0 Å². The quantitative estimate of drug-likeness (QED) is 0.776. The molecule has 1 heterocycles. The third kappa shape index (κ3) is 5.99. The van der Waals surface area contributed by atoms with Gasteiger partial charge in [-0.05, 0) is 67.8 Å². The maximum atomic E-state index is 12.1. The zero-order valence-corrected chi connectivity index (χ0v) is 17.0. The van der Waals surface area contributed by atoms with Crippen molar-refractivity contribution in [2.75, 3.05) is 32.1 Å². The molecule has 0 saturated carbocycles. The Balaban J connectivity index is 1.43. The van der Waals surface area contributed by atoms with Crippen molar-refractivity contribution in [2.24, 2.45) is 0 Å². The molecular weight excluding hydrogens is 352 g/mol. The van der Waals surface area contributed by atoms with Crippen LogP contribution in [0.3, 0.4) is 0 Å². The van der Waals surface area contributed by atoms with E-state index in [1.54, 1.807) is 0 Å². The lowest BCUT2D eigenvalue weighted by molar-refractivity contribution is -0.118. The molecule has 1 N–H and O–H groups in total. The molecular formula is C23H30N2O3. The number of hydrogen-bond acceptors (Lipinski definition) is 4. The monoisotopic (exact) mass is 382 g/mol. The topological polar surface area (TPSA) is 50.8 Å². The van der Waals surface area contributed by atoms with Crippen LogP contribution in [0.1, 0.15) is 38.2 Å². The lowest BCUT2D eigenvalue weighted by Gasteiger charge is -2.29. The van der Waals surface area contributed by atoms with Gasteiger partial charge in [-0.25, -0.2) is 0 Å². The van der Waals surface area contributed by atoms with Crippen LogP contribution in [0.2, 0.25) is 0 Å². The van der Waals surface area contributed by atoms with Gasteiger partial charge in [-0.15, -0.1) is 0 Å². The minimum Gasteiger partial charge on any atom is -0.490 e. The summed E-state index contributed by atoms with van der Waals surface area (Å²) in [6, 6.07) is 15.4. The second-order valence-corrected chi connectivity index (χ2v) is 7.71.